The minimum absolute atomic E-state index is 0.126. The highest BCUT2D eigenvalue weighted by Gasteiger charge is 2.40. The number of hydrogen-bond acceptors (Lipinski definition) is 8. The first-order valence-corrected chi connectivity index (χ1v) is 21.3. The van der Waals surface area contributed by atoms with Crippen molar-refractivity contribution in [2.45, 2.75) is 83.5 Å². The van der Waals surface area contributed by atoms with Gasteiger partial charge in [-0.1, -0.05) is 31.0 Å². The second kappa shape index (κ2) is 17.5. The molecule has 2 bridgehead atoms. The Balaban J connectivity index is 1.31. The summed E-state index contributed by atoms with van der Waals surface area (Å²) in [5.74, 6) is 1.46. The minimum Gasteiger partial charge on any atom is -0.487 e. The van der Waals surface area contributed by atoms with Crippen molar-refractivity contribution in [2.24, 2.45) is 23.7 Å². The average Bonchev–Trinajstić information content (AvgIpc) is 3.29. The third kappa shape index (κ3) is 9.43. The molecule has 0 radical (unpaired) electrons. The van der Waals surface area contributed by atoms with Crippen LogP contribution in [0.25, 0.3) is 0 Å². The molecule has 2 fully saturated rings. The third-order valence-corrected chi connectivity index (χ3v) is 14.4. The Hall–Kier alpha value is -2.86. The second-order valence-electron chi connectivity index (χ2n) is 15.6. The van der Waals surface area contributed by atoms with Crippen LogP contribution in [0.3, 0.4) is 0 Å². The molecule has 286 valence electrons. The lowest BCUT2D eigenvalue weighted by atomic mass is 9.65. The summed E-state index contributed by atoms with van der Waals surface area (Å²) in [5, 5.41) is -0.0122. The lowest BCUT2D eigenvalue weighted by Gasteiger charge is -2.46. The van der Waals surface area contributed by atoms with E-state index in [9.17, 15) is 18.0 Å². The van der Waals surface area contributed by atoms with E-state index in [0.717, 1.165) is 102 Å². The van der Waals surface area contributed by atoms with Gasteiger partial charge in [-0.15, -0.1) is 0 Å². The molecule has 0 unspecified atom stereocenters. The number of halogens is 1. The number of aryl methyl sites for hydroxylation is 1. The van der Waals surface area contributed by atoms with E-state index in [1.54, 1.807) is 20.1 Å². The quantitative estimate of drug-likeness (QED) is 0.387. The Morgan fingerprint density at radius 2 is 1.79 bits per heavy atom. The average molecular weight is 757 g/mol. The maximum absolute atomic E-state index is 13.6. The zero-order valence-electron chi connectivity index (χ0n) is 31.2. The van der Waals surface area contributed by atoms with Crippen molar-refractivity contribution in [1.82, 2.24) is 14.5 Å². The number of nitrogens with zero attached hydrogens (tertiary/aromatic N) is 3. The van der Waals surface area contributed by atoms with Crippen molar-refractivity contribution in [3.05, 3.63) is 58.1 Å². The van der Waals surface area contributed by atoms with Crippen molar-refractivity contribution in [2.75, 3.05) is 64.4 Å². The van der Waals surface area contributed by atoms with Crippen LogP contribution in [0.4, 0.5) is 5.69 Å². The fourth-order valence-corrected chi connectivity index (χ4v) is 10.2. The van der Waals surface area contributed by atoms with E-state index in [4.69, 9.17) is 21.1 Å². The number of carbonyl (C=O) groups excluding carboxylic acids is 2. The molecular weight excluding hydrogens is 700 g/mol. The molecule has 2 amide bonds. The summed E-state index contributed by atoms with van der Waals surface area (Å²) in [4.78, 5) is 33.5. The number of benzene rings is 2. The molecule has 1 saturated carbocycles. The highest BCUT2D eigenvalue weighted by Crippen LogP contribution is 2.44. The summed E-state index contributed by atoms with van der Waals surface area (Å²) in [6, 6.07) is 11.3. The summed E-state index contributed by atoms with van der Waals surface area (Å²) < 4.78 is 41.3. The number of rotatable bonds is 5. The van der Waals surface area contributed by atoms with E-state index in [0.29, 0.717) is 60.4 Å². The predicted octanol–water partition coefficient (Wildman–Crippen LogP) is 6.15. The number of ether oxygens (including phenoxy) is 2. The van der Waals surface area contributed by atoms with Crippen molar-refractivity contribution in [3.63, 3.8) is 0 Å². The van der Waals surface area contributed by atoms with Gasteiger partial charge in [-0.25, -0.2) is 13.1 Å². The van der Waals surface area contributed by atoms with E-state index in [1.807, 2.05) is 42.2 Å². The smallest absolute Gasteiger partial charge is 0.264 e. The largest absolute Gasteiger partial charge is 0.487 e. The number of amides is 2. The molecule has 0 spiro atoms. The molecule has 3 heterocycles. The maximum atomic E-state index is 13.6. The fraction of sp³-hybridized carbons (Fsp3) is 0.650. The van der Waals surface area contributed by atoms with Crippen molar-refractivity contribution in [3.8, 4) is 5.75 Å². The molecule has 1 N–H and O–H groups in total. The van der Waals surface area contributed by atoms with Crippen LogP contribution in [-0.4, -0.2) is 94.8 Å². The fourth-order valence-electron chi connectivity index (χ4n) is 8.67. The Morgan fingerprint density at radius 1 is 0.942 bits per heavy atom. The second-order valence-corrected chi connectivity index (χ2v) is 18.1. The highest BCUT2D eigenvalue weighted by molar-refractivity contribution is 7.90. The van der Waals surface area contributed by atoms with Crippen LogP contribution in [-0.2, 0) is 32.6 Å². The SMILES string of the molecule is COCCN1CCCN(C[C@@H]2CCC[C@H](C)[C@@H](C)S(=O)(=O)NC(=O)c3ccc4c(c3)N(CCCCc3cc(Cl)ccc3CO4)C[C@@H]3CC[C@@H]23)CC1=O. The van der Waals surface area contributed by atoms with E-state index in [1.165, 1.54) is 5.56 Å². The summed E-state index contributed by atoms with van der Waals surface area (Å²) >= 11 is 6.39. The van der Waals surface area contributed by atoms with Gasteiger partial charge in [0.25, 0.3) is 5.91 Å². The number of carbonyl (C=O) groups is 2. The topological polar surface area (TPSA) is 108 Å². The standard InChI is InChI=1S/C40H57ClN4O6S/c1-28-8-6-10-32(24-43-17-7-19-44(20-21-50-3)39(46)26-43)36-15-12-33(36)25-45-18-5-4-9-30-22-35(41)14-11-34(30)27-51-38-16-13-31(23-37(38)45)40(47)42-52(48,49)29(28)2/h11,13-14,16,22-23,28-29,32-33,36H,4-10,12,15,17-21,24-27H2,1-3H3,(H,42,47)/t28-,29+,32-,33-,36-/m0/s1. The van der Waals surface area contributed by atoms with Crippen LogP contribution in [0.2, 0.25) is 5.02 Å². The molecule has 0 aromatic heterocycles. The maximum Gasteiger partial charge on any atom is 0.264 e. The van der Waals surface area contributed by atoms with Crippen LogP contribution in [0.5, 0.6) is 5.75 Å². The van der Waals surface area contributed by atoms with Crippen molar-refractivity contribution in [1.29, 1.82) is 0 Å². The zero-order chi connectivity index (χ0) is 36.8. The molecule has 1 aliphatic carbocycles. The normalized spacial score (nSPS) is 27.9. The van der Waals surface area contributed by atoms with Crippen molar-refractivity contribution >= 4 is 39.1 Å². The molecule has 2 aromatic rings. The van der Waals surface area contributed by atoms with Gasteiger partial charge in [0.05, 0.1) is 24.1 Å². The summed E-state index contributed by atoms with van der Waals surface area (Å²) in [6.07, 6.45) is 8.68. The molecule has 5 atom stereocenters. The van der Waals surface area contributed by atoms with Gasteiger partial charge in [0.15, 0.2) is 0 Å². The Morgan fingerprint density at radius 3 is 2.58 bits per heavy atom. The van der Waals surface area contributed by atoms with Gasteiger partial charge in [0.1, 0.15) is 12.4 Å². The molecule has 1 saturated heterocycles. The molecule has 3 aliphatic heterocycles. The van der Waals surface area contributed by atoms with E-state index in [2.05, 4.69) is 14.5 Å². The van der Waals surface area contributed by atoms with E-state index >= 15 is 0 Å². The monoisotopic (exact) mass is 756 g/mol. The van der Waals surface area contributed by atoms with Crippen LogP contribution in [0, 0.1) is 23.7 Å². The Labute approximate surface area is 315 Å². The third-order valence-electron chi connectivity index (χ3n) is 12.2. The predicted molar refractivity (Wildman–Crippen MR) is 205 cm³/mol. The number of nitrogens with one attached hydrogen (secondary N) is 1. The number of hydrogen-bond donors (Lipinski definition) is 1. The summed E-state index contributed by atoms with van der Waals surface area (Å²) in [6.45, 7) is 9.78. The summed E-state index contributed by atoms with van der Waals surface area (Å²) in [7, 11) is -2.25. The lowest BCUT2D eigenvalue weighted by Crippen LogP contribution is -2.46. The van der Waals surface area contributed by atoms with Gasteiger partial charge in [-0.2, -0.15) is 0 Å². The molecule has 2 aromatic carbocycles. The lowest BCUT2D eigenvalue weighted by molar-refractivity contribution is -0.132. The highest BCUT2D eigenvalue weighted by atomic mass is 35.5. The van der Waals surface area contributed by atoms with E-state index in [-0.39, 0.29) is 11.8 Å². The number of methoxy groups -OCH3 is 1. The Kier molecular flexibility index (Phi) is 13.1. The van der Waals surface area contributed by atoms with Gasteiger partial charge in [0.2, 0.25) is 15.9 Å². The number of anilines is 1. The molecule has 52 heavy (non-hydrogen) atoms. The van der Waals surface area contributed by atoms with Gasteiger partial charge in [-0.05, 0) is 123 Å². The zero-order valence-corrected chi connectivity index (χ0v) is 32.7. The van der Waals surface area contributed by atoms with Gasteiger partial charge in [-0.3, -0.25) is 14.5 Å². The van der Waals surface area contributed by atoms with Crippen LogP contribution in [0.1, 0.15) is 86.7 Å². The molecule has 6 rings (SSSR count). The molecule has 10 nitrogen and oxygen atoms in total. The first kappa shape index (κ1) is 38.9. The number of fused-ring (bicyclic) bond motifs is 3. The van der Waals surface area contributed by atoms with E-state index < -0.39 is 21.2 Å². The number of sulfonamides is 1. The molecular formula is C40H57ClN4O6S. The van der Waals surface area contributed by atoms with Gasteiger partial charge in [0, 0.05) is 57.0 Å². The first-order valence-electron chi connectivity index (χ1n) is 19.4. The van der Waals surface area contributed by atoms with Crippen LogP contribution < -0.4 is 14.4 Å². The van der Waals surface area contributed by atoms with Gasteiger partial charge >= 0.3 is 0 Å². The van der Waals surface area contributed by atoms with Crippen molar-refractivity contribution < 1.29 is 27.5 Å². The minimum atomic E-state index is -3.92. The summed E-state index contributed by atoms with van der Waals surface area (Å²) in [5.41, 5.74) is 3.41. The van der Waals surface area contributed by atoms with Crippen LogP contribution >= 0.6 is 11.6 Å². The van der Waals surface area contributed by atoms with Gasteiger partial charge < -0.3 is 19.3 Å². The molecule has 4 aliphatic rings. The molecule has 12 heteroatoms. The Bertz CT molecular complexity index is 1670. The van der Waals surface area contributed by atoms with Crippen LogP contribution in [0.15, 0.2) is 36.4 Å². The first-order chi connectivity index (χ1) is 25.0.